The minimum atomic E-state index is -3.67. The Morgan fingerprint density at radius 2 is 0.852 bits per heavy atom. The molecule has 0 aliphatic rings. The van der Waals surface area contributed by atoms with Gasteiger partial charge in [0.05, 0.1) is 6.26 Å². The van der Waals surface area contributed by atoms with Gasteiger partial charge in [-0.1, -0.05) is 48.5 Å². The lowest BCUT2D eigenvalue weighted by molar-refractivity contribution is 0.490. The number of aryl methyl sites for hydroxylation is 6. The molecular formula is C23H30O3S. The number of fused-ring (bicyclic) bond motifs is 1. The van der Waals surface area contributed by atoms with Crippen molar-refractivity contribution in [1.82, 2.24) is 0 Å². The molecular weight excluding hydrogens is 356 g/mol. The van der Waals surface area contributed by atoms with Gasteiger partial charge in [0, 0.05) is 0 Å². The Labute approximate surface area is 163 Å². The maximum Gasteiger partial charge on any atom is 0.261 e. The van der Waals surface area contributed by atoms with E-state index in [0.29, 0.717) is 6.26 Å². The molecule has 0 atom stereocenters. The first-order valence-electron chi connectivity index (χ1n) is 8.82. The average molecular weight is 387 g/mol. The molecule has 0 heterocycles. The van der Waals surface area contributed by atoms with Crippen molar-refractivity contribution in [3.63, 3.8) is 0 Å². The topological polar surface area (TPSA) is 54.4 Å². The molecule has 0 amide bonds. The highest BCUT2D eigenvalue weighted by molar-refractivity contribution is 7.85. The van der Waals surface area contributed by atoms with Crippen LogP contribution in [-0.2, 0) is 10.1 Å². The van der Waals surface area contributed by atoms with Gasteiger partial charge >= 0.3 is 0 Å². The average Bonchev–Trinajstić information content (AvgIpc) is 2.56. The molecule has 0 saturated heterocycles. The fourth-order valence-corrected chi connectivity index (χ4v) is 2.71. The Balaban J connectivity index is 0.000000221. The Morgan fingerprint density at radius 1 is 0.593 bits per heavy atom. The third-order valence-corrected chi connectivity index (χ3v) is 4.47. The molecule has 0 radical (unpaired) electrons. The predicted molar refractivity (Wildman–Crippen MR) is 116 cm³/mol. The van der Waals surface area contributed by atoms with Crippen molar-refractivity contribution in [3.05, 3.63) is 81.9 Å². The molecule has 3 rings (SSSR count). The van der Waals surface area contributed by atoms with E-state index in [1.807, 2.05) is 0 Å². The van der Waals surface area contributed by atoms with Gasteiger partial charge in [-0.2, -0.15) is 8.42 Å². The maximum absolute atomic E-state index is 9.19. The zero-order valence-electron chi connectivity index (χ0n) is 17.3. The number of rotatable bonds is 0. The van der Waals surface area contributed by atoms with E-state index in [1.54, 1.807) is 0 Å². The Kier molecular flexibility index (Phi) is 8.20. The van der Waals surface area contributed by atoms with E-state index in [9.17, 15) is 8.42 Å². The van der Waals surface area contributed by atoms with Crippen molar-refractivity contribution in [2.24, 2.45) is 0 Å². The van der Waals surface area contributed by atoms with Gasteiger partial charge in [0.1, 0.15) is 0 Å². The highest BCUT2D eigenvalue weighted by atomic mass is 32.2. The Hall–Kier alpha value is -2.17. The summed E-state index contributed by atoms with van der Waals surface area (Å²) in [5.41, 5.74) is 8.28. The molecule has 3 aromatic carbocycles. The summed E-state index contributed by atoms with van der Waals surface area (Å²) < 4.78 is 25.9. The molecule has 146 valence electrons. The maximum atomic E-state index is 9.19. The summed E-state index contributed by atoms with van der Waals surface area (Å²) in [4.78, 5) is 0. The van der Waals surface area contributed by atoms with Crippen LogP contribution in [0.1, 0.15) is 33.4 Å². The van der Waals surface area contributed by atoms with Crippen LogP contribution in [0.2, 0.25) is 0 Å². The standard InChI is InChI=1S/C12H12.C10H14.CH4O3S/c1-9-7-8-10(2)12-6-4-3-5-11(9)12;1-7-5-9(3)10(4)6-8(7)2;1-5(2,3)4/h3-8H,1-2H3;5-6H,1-4H3;1H3,(H,2,3,4). The smallest absolute Gasteiger partial charge is 0.261 e. The molecule has 0 aliphatic carbocycles. The van der Waals surface area contributed by atoms with Gasteiger partial charge in [0.2, 0.25) is 0 Å². The summed E-state index contributed by atoms with van der Waals surface area (Å²) in [5, 5.41) is 2.75. The van der Waals surface area contributed by atoms with Crippen LogP contribution in [0.15, 0.2) is 48.5 Å². The zero-order valence-corrected chi connectivity index (χ0v) is 18.1. The van der Waals surface area contributed by atoms with Crippen molar-refractivity contribution in [2.45, 2.75) is 41.5 Å². The first-order chi connectivity index (χ1) is 12.4. The summed E-state index contributed by atoms with van der Waals surface area (Å²) in [6, 6.07) is 17.4. The quantitative estimate of drug-likeness (QED) is 0.491. The van der Waals surface area contributed by atoms with E-state index in [1.165, 1.54) is 44.2 Å². The normalized spacial score (nSPS) is 10.5. The third kappa shape index (κ3) is 7.94. The van der Waals surface area contributed by atoms with Crippen molar-refractivity contribution < 1.29 is 13.0 Å². The van der Waals surface area contributed by atoms with Crippen LogP contribution in [0.25, 0.3) is 10.8 Å². The highest BCUT2D eigenvalue weighted by Gasteiger charge is 1.97. The summed E-state index contributed by atoms with van der Waals surface area (Å²) >= 11 is 0. The van der Waals surface area contributed by atoms with Crippen molar-refractivity contribution in [2.75, 3.05) is 6.26 Å². The van der Waals surface area contributed by atoms with Crippen molar-refractivity contribution >= 4 is 20.9 Å². The Morgan fingerprint density at radius 3 is 1.11 bits per heavy atom. The van der Waals surface area contributed by atoms with Gasteiger partial charge in [0.15, 0.2) is 0 Å². The van der Waals surface area contributed by atoms with E-state index in [2.05, 4.69) is 90.1 Å². The minimum Gasteiger partial charge on any atom is -0.286 e. The highest BCUT2D eigenvalue weighted by Crippen LogP contribution is 2.21. The van der Waals surface area contributed by atoms with Crippen LogP contribution in [0.5, 0.6) is 0 Å². The van der Waals surface area contributed by atoms with E-state index >= 15 is 0 Å². The summed E-state index contributed by atoms with van der Waals surface area (Å²) in [6.07, 6.45) is 0.715. The Bertz CT molecular complexity index is 920. The van der Waals surface area contributed by atoms with E-state index in [-0.39, 0.29) is 0 Å². The molecule has 4 heteroatoms. The first-order valence-corrected chi connectivity index (χ1v) is 10.7. The van der Waals surface area contributed by atoms with Crippen LogP contribution in [0, 0.1) is 41.5 Å². The molecule has 0 saturated carbocycles. The lowest BCUT2D eigenvalue weighted by Crippen LogP contribution is -1.88. The summed E-state index contributed by atoms with van der Waals surface area (Å²) in [5.74, 6) is 0. The van der Waals surface area contributed by atoms with Crippen molar-refractivity contribution in [3.8, 4) is 0 Å². The van der Waals surface area contributed by atoms with Crippen molar-refractivity contribution in [1.29, 1.82) is 0 Å². The molecule has 0 fully saturated rings. The van der Waals surface area contributed by atoms with Gasteiger partial charge < -0.3 is 0 Å². The first kappa shape index (κ1) is 22.9. The van der Waals surface area contributed by atoms with Gasteiger partial charge in [-0.25, -0.2) is 0 Å². The monoisotopic (exact) mass is 386 g/mol. The molecule has 3 nitrogen and oxygen atoms in total. The van der Waals surface area contributed by atoms with Crippen LogP contribution < -0.4 is 0 Å². The lowest BCUT2D eigenvalue weighted by atomic mass is 10.0. The third-order valence-electron chi connectivity index (χ3n) is 4.47. The molecule has 1 N–H and O–H groups in total. The lowest BCUT2D eigenvalue weighted by Gasteiger charge is -2.04. The predicted octanol–water partition coefficient (Wildman–Crippen LogP) is 5.88. The van der Waals surface area contributed by atoms with E-state index in [0.717, 1.165) is 0 Å². The van der Waals surface area contributed by atoms with Crippen LogP contribution in [0.4, 0.5) is 0 Å². The second-order valence-corrected chi connectivity index (χ2v) is 8.46. The number of hydrogen-bond acceptors (Lipinski definition) is 2. The molecule has 0 aromatic heterocycles. The second-order valence-electron chi connectivity index (χ2n) is 7.00. The molecule has 0 spiro atoms. The summed E-state index contributed by atoms with van der Waals surface area (Å²) in [7, 11) is -3.67. The number of hydrogen-bond donors (Lipinski definition) is 1. The van der Waals surface area contributed by atoms with E-state index in [4.69, 9.17) is 4.55 Å². The van der Waals surface area contributed by atoms with Gasteiger partial charge in [0.25, 0.3) is 10.1 Å². The molecule has 3 aromatic rings. The second kappa shape index (κ2) is 9.67. The van der Waals surface area contributed by atoms with E-state index < -0.39 is 10.1 Å². The van der Waals surface area contributed by atoms with Crippen LogP contribution in [-0.4, -0.2) is 19.2 Å². The van der Waals surface area contributed by atoms with Gasteiger partial charge in [-0.3, -0.25) is 4.55 Å². The summed E-state index contributed by atoms with van der Waals surface area (Å²) in [6.45, 7) is 12.9. The zero-order chi connectivity index (χ0) is 20.8. The van der Waals surface area contributed by atoms with Gasteiger partial charge in [-0.15, -0.1) is 0 Å². The molecule has 0 bridgehead atoms. The minimum absolute atomic E-state index is 0.715. The molecule has 27 heavy (non-hydrogen) atoms. The fourth-order valence-electron chi connectivity index (χ4n) is 2.71. The SMILES string of the molecule is CS(=O)(=O)O.Cc1cc(C)c(C)cc1C.Cc1ccc(C)c2ccccc12. The largest absolute Gasteiger partial charge is 0.286 e. The number of benzene rings is 3. The molecule has 0 aliphatic heterocycles. The molecule has 0 unspecified atom stereocenters. The van der Waals surface area contributed by atoms with Gasteiger partial charge in [-0.05, 0) is 85.7 Å². The van der Waals surface area contributed by atoms with Crippen LogP contribution in [0.3, 0.4) is 0 Å². The van der Waals surface area contributed by atoms with Crippen LogP contribution >= 0.6 is 0 Å². The fraction of sp³-hybridized carbons (Fsp3) is 0.304.